The summed E-state index contributed by atoms with van der Waals surface area (Å²) in [7, 11) is 1.33. The van der Waals surface area contributed by atoms with Crippen molar-refractivity contribution in [2.45, 2.75) is 33.8 Å². The van der Waals surface area contributed by atoms with Crippen molar-refractivity contribution >= 4 is 17.6 Å². The Kier molecular flexibility index (Phi) is 5.80. The average Bonchev–Trinajstić information content (AvgIpc) is 2.59. The Balaban J connectivity index is 2.14. The minimum Gasteiger partial charge on any atom is -0.481 e. The molecule has 5 heteroatoms. The van der Waals surface area contributed by atoms with Gasteiger partial charge in [-0.15, -0.1) is 0 Å². The molecule has 1 N–H and O–H groups in total. The van der Waals surface area contributed by atoms with Gasteiger partial charge in [0.15, 0.2) is 6.10 Å². The van der Waals surface area contributed by atoms with Crippen LogP contribution in [-0.4, -0.2) is 25.1 Å². The molecule has 2 aromatic rings. The van der Waals surface area contributed by atoms with Gasteiger partial charge in [0.05, 0.1) is 12.7 Å². The quantitative estimate of drug-likeness (QED) is 0.840. The van der Waals surface area contributed by atoms with Crippen molar-refractivity contribution in [1.82, 2.24) is 0 Å². The standard InChI is InChI=1S/C20H23NO4/c1-12-9-10-13(2)18(11-12)25-15(4)19(22)21-17-8-6-7-16(14(17)3)20(23)24-5/h6-11,15H,1-5H3,(H,21,22). The zero-order chi connectivity index (χ0) is 18.6. The lowest BCUT2D eigenvalue weighted by atomic mass is 10.1. The lowest BCUT2D eigenvalue weighted by molar-refractivity contribution is -0.122. The van der Waals surface area contributed by atoms with E-state index in [1.807, 2.05) is 32.0 Å². The molecule has 0 spiro atoms. The van der Waals surface area contributed by atoms with Crippen molar-refractivity contribution in [3.05, 3.63) is 58.7 Å². The highest BCUT2D eigenvalue weighted by atomic mass is 16.5. The summed E-state index contributed by atoms with van der Waals surface area (Å²) >= 11 is 0. The fourth-order valence-electron chi connectivity index (χ4n) is 2.41. The minimum absolute atomic E-state index is 0.286. The van der Waals surface area contributed by atoms with Gasteiger partial charge in [-0.25, -0.2) is 4.79 Å². The van der Waals surface area contributed by atoms with E-state index < -0.39 is 12.1 Å². The highest BCUT2D eigenvalue weighted by molar-refractivity contribution is 5.98. The van der Waals surface area contributed by atoms with Gasteiger partial charge in [0.25, 0.3) is 5.91 Å². The number of benzene rings is 2. The Labute approximate surface area is 148 Å². The number of hydrogen-bond acceptors (Lipinski definition) is 4. The van der Waals surface area contributed by atoms with E-state index in [4.69, 9.17) is 9.47 Å². The number of carbonyl (C=O) groups is 2. The Morgan fingerprint density at radius 1 is 1.08 bits per heavy atom. The largest absolute Gasteiger partial charge is 0.481 e. The van der Waals surface area contributed by atoms with Gasteiger partial charge in [0.2, 0.25) is 0 Å². The molecule has 0 aliphatic rings. The van der Waals surface area contributed by atoms with Gasteiger partial charge in [0, 0.05) is 5.69 Å². The van der Waals surface area contributed by atoms with Crippen molar-refractivity contribution in [2.75, 3.05) is 12.4 Å². The predicted octanol–water partition coefficient (Wildman–Crippen LogP) is 3.80. The van der Waals surface area contributed by atoms with Crippen LogP contribution in [0.25, 0.3) is 0 Å². The Bertz CT molecular complexity index is 798. The van der Waals surface area contributed by atoms with Crippen molar-refractivity contribution < 1.29 is 19.1 Å². The fraction of sp³-hybridized carbons (Fsp3) is 0.300. The van der Waals surface area contributed by atoms with Gasteiger partial charge < -0.3 is 14.8 Å². The molecule has 1 unspecified atom stereocenters. The van der Waals surface area contributed by atoms with E-state index in [0.29, 0.717) is 22.6 Å². The van der Waals surface area contributed by atoms with Gasteiger partial charge in [-0.2, -0.15) is 0 Å². The van der Waals surface area contributed by atoms with Crippen LogP contribution in [0.15, 0.2) is 36.4 Å². The first-order chi connectivity index (χ1) is 11.8. The smallest absolute Gasteiger partial charge is 0.338 e. The van der Waals surface area contributed by atoms with E-state index in [-0.39, 0.29) is 5.91 Å². The summed E-state index contributed by atoms with van der Waals surface area (Å²) < 4.78 is 10.5. The van der Waals surface area contributed by atoms with Crippen molar-refractivity contribution in [3.63, 3.8) is 0 Å². The molecule has 132 valence electrons. The molecule has 0 aliphatic carbocycles. The molecule has 1 atom stereocenters. The lowest BCUT2D eigenvalue weighted by Crippen LogP contribution is -2.30. The number of rotatable bonds is 5. The van der Waals surface area contributed by atoms with Crippen molar-refractivity contribution in [1.29, 1.82) is 0 Å². The van der Waals surface area contributed by atoms with E-state index in [9.17, 15) is 9.59 Å². The second-order valence-electron chi connectivity index (χ2n) is 5.99. The molecule has 2 aromatic carbocycles. The highest BCUT2D eigenvalue weighted by Gasteiger charge is 2.18. The third kappa shape index (κ3) is 4.38. The summed E-state index contributed by atoms with van der Waals surface area (Å²) in [5, 5.41) is 2.81. The first-order valence-corrected chi connectivity index (χ1v) is 8.06. The molecular weight excluding hydrogens is 318 g/mol. The number of hydrogen-bond donors (Lipinski definition) is 1. The molecular formula is C20H23NO4. The molecule has 0 saturated carbocycles. The second-order valence-corrected chi connectivity index (χ2v) is 5.99. The molecule has 25 heavy (non-hydrogen) atoms. The van der Waals surface area contributed by atoms with Crippen LogP contribution in [0.5, 0.6) is 5.75 Å². The summed E-state index contributed by atoms with van der Waals surface area (Å²) in [6.45, 7) is 7.36. The van der Waals surface area contributed by atoms with E-state index >= 15 is 0 Å². The average molecular weight is 341 g/mol. The molecule has 0 radical (unpaired) electrons. The monoisotopic (exact) mass is 341 g/mol. The number of amides is 1. The maximum Gasteiger partial charge on any atom is 0.338 e. The third-order valence-corrected chi connectivity index (χ3v) is 4.01. The van der Waals surface area contributed by atoms with Gasteiger partial charge >= 0.3 is 5.97 Å². The van der Waals surface area contributed by atoms with Crippen LogP contribution in [0.1, 0.15) is 34.0 Å². The number of aryl methyl sites for hydroxylation is 2. The molecule has 0 aliphatic heterocycles. The van der Waals surface area contributed by atoms with E-state index in [2.05, 4.69) is 5.32 Å². The van der Waals surface area contributed by atoms with Crippen LogP contribution < -0.4 is 10.1 Å². The first kappa shape index (κ1) is 18.5. The van der Waals surface area contributed by atoms with Crippen LogP contribution in [0.3, 0.4) is 0 Å². The maximum atomic E-state index is 12.5. The molecule has 5 nitrogen and oxygen atoms in total. The lowest BCUT2D eigenvalue weighted by Gasteiger charge is -2.18. The maximum absolute atomic E-state index is 12.5. The second kappa shape index (κ2) is 7.83. The van der Waals surface area contributed by atoms with Crippen LogP contribution in [0, 0.1) is 20.8 Å². The molecule has 0 aromatic heterocycles. The van der Waals surface area contributed by atoms with E-state index in [1.54, 1.807) is 32.0 Å². The van der Waals surface area contributed by atoms with Crippen molar-refractivity contribution in [2.24, 2.45) is 0 Å². The van der Waals surface area contributed by atoms with Gasteiger partial charge in [-0.1, -0.05) is 18.2 Å². The number of nitrogens with one attached hydrogen (secondary N) is 1. The first-order valence-electron chi connectivity index (χ1n) is 8.06. The number of ether oxygens (including phenoxy) is 2. The van der Waals surface area contributed by atoms with Crippen LogP contribution in [0.2, 0.25) is 0 Å². The Morgan fingerprint density at radius 2 is 1.80 bits per heavy atom. The number of esters is 1. The zero-order valence-electron chi connectivity index (χ0n) is 15.2. The Morgan fingerprint density at radius 3 is 2.48 bits per heavy atom. The van der Waals surface area contributed by atoms with Gasteiger partial charge in [-0.3, -0.25) is 4.79 Å². The summed E-state index contributed by atoms with van der Waals surface area (Å²) in [4.78, 5) is 24.2. The summed E-state index contributed by atoms with van der Waals surface area (Å²) in [5.41, 5.74) is 3.67. The number of anilines is 1. The highest BCUT2D eigenvalue weighted by Crippen LogP contribution is 2.22. The topological polar surface area (TPSA) is 64.6 Å². The van der Waals surface area contributed by atoms with Crippen LogP contribution in [0.4, 0.5) is 5.69 Å². The molecule has 0 bridgehead atoms. The van der Waals surface area contributed by atoms with Crippen LogP contribution in [-0.2, 0) is 9.53 Å². The third-order valence-electron chi connectivity index (χ3n) is 4.01. The van der Waals surface area contributed by atoms with Crippen LogP contribution >= 0.6 is 0 Å². The normalized spacial score (nSPS) is 11.6. The number of methoxy groups -OCH3 is 1. The minimum atomic E-state index is -0.679. The van der Waals surface area contributed by atoms with Crippen molar-refractivity contribution in [3.8, 4) is 5.75 Å². The molecule has 2 rings (SSSR count). The van der Waals surface area contributed by atoms with Gasteiger partial charge in [-0.05, 0) is 62.6 Å². The summed E-state index contributed by atoms with van der Waals surface area (Å²) in [6, 6.07) is 11.0. The molecule has 0 heterocycles. The number of carbonyl (C=O) groups excluding carboxylic acids is 2. The van der Waals surface area contributed by atoms with Gasteiger partial charge in [0.1, 0.15) is 5.75 Å². The summed E-state index contributed by atoms with van der Waals surface area (Å²) in [5.74, 6) is -0.0398. The zero-order valence-corrected chi connectivity index (χ0v) is 15.2. The van der Waals surface area contributed by atoms with E-state index in [0.717, 1.165) is 11.1 Å². The van der Waals surface area contributed by atoms with E-state index in [1.165, 1.54) is 7.11 Å². The SMILES string of the molecule is COC(=O)c1cccc(NC(=O)C(C)Oc2cc(C)ccc2C)c1C. The summed E-state index contributed by atoms with van der Waals surface area (Å²) in [6.07, 6.45) is -0.679. The molecule has 0 saturated heterocycles. The fourth-order valence-corrected chi connectivity index (χ4v) is 2.41. The Hall–Kier alpha value is -2.82. The molecule has 1 amide bonds. The predicted molar refractivity (Wildman–Crippen MR) is 97.2 cm³/mol. The molecule has 0 fully saturated rings.